The van der Waals surface area contributed by atoms with Gasteiger partial charge in [0.25, 0.3) is 0 Å². The van der Waals surface area contributed by atoms with Crippen LogP contribution < -0.4 is 4.74 Å². The van der Waals surface area contributed by atoms with Gasteiger partial charge in [-0.1, -0.05) is 24.9 Å². The van der Waals surface area contributed by atoms with Crippen molar-refractivity contribution < 1.29 is 31.1 Å². The molecule has 124 valence electrons. The van der Waals surface area contributed by atoms with Crippen LogP contribution in [-0.2, 0) is 14.6 Å². The minimum atomic E-state index is -5.00. The first-order valence-electron chi connectivity index (χ1n) is 6.35. The third-order valence-electron chi connectivity index (χ3n) is 2.65. The number of ether oxygens (including phenoxy) is 1. The van der Waals surface area contributed by atoms with Crippen molar-refractivity contribution in [1.29, 1.82) is 0 Å². The molecular weight excluding hydrogens is 345 g/mol. The Morgan fingerprint density at radius 1 is 1.32 bits per heavy atom. The van der Waals surface area contributed by atoms with Gasteiger partial charge in [0.05, 0.1) is 9.92 Å². The number of Topliss-reactive ketones (excluding diaryl/α,β-unsaturated/α-hetero) is 1. The molecule has 0 spiro atoms. The number of alkyl halides is 3. The number of carbonyl (C=O) groups excluding carboxylic acids is 1. The molecule has 0 amide bonds. The van der Waals surface area contributed by atoms with Gasteiger partial charge in [-0.3, -0.25) is 4.79 Å². The highest BCUT2D eigenvalue weighted by molar-refractivity contribution is 7.92. The van der Waals surface area contributed by atoms with Gasteiger partial charge in [0, 0.05) is 12.5 Å². The molecule has 9 heteroatoms. The van der Waals surface area contributed by atoms with Gasteiger partial charge in [-0.2, -0.15) is 0 Å². The van der Waals surface area contributed by atoms with Crippen LogP contribution in [0.15, 0.2) is 23.1 Å². The first-order valence-corrected chi connectivity index (χ1v) is 8.38. The Hall–Kier alpha value is -1.28. The van der Waals surface area contributed by atoms with E-state index in [-0.39, 0.29) is 11.4 Å². The van der Waals surface area contributed by atoms with Crippen LogP contribution in [0.25, 0.3) is 0 Å². The van der Waals surface area contributed by atoms with Crippen LogP contribution in [0, 0.1) is 0 Å². The van der Waals surface area contributed by atoms with E-state index in [1.54, 1.807) is 0 Å². The fourth-order valence-corrected chi connectivity index (χ4v) is 3.07. The summed E-state index contributed by atoms with van der Waals surface area (Å²) < 4.78 is 64.4. The van der Waals surface area contributed by atoms with Crippen molar-refractivity contribution in [2.45, 2.75) is 37.4 Å². The Bertz CT molecular complexity index is 641. The summed E-state index contributed by atoms with van der Waals surface area (Å²) in [6, 6.07) is 2.68. The van der Waals surface area contributed by atoms with Gasteiger partial charge >= 0.3 is 6.36 Å². The molecule has 0 aliphatic rings. The summed E-state index contributed by atoms with van der Waals surface area (Å²) in [6.07, 6.45) is -3.61. The van der Waals surface area contributed by atoms with Gasteiger partial charge in [0.1, 0.15) is 17.3 Å². The molecule has 0 unspecified atom stereocenters. The Kier molecular flexibility index (Phi) is 6.25. The highest BCUT2D eigenvalue weighted by Crippen LogP contribution is 2.32. The van der Waals surface area contributed by atoms with Crippen molar-refractivity contribution in [2.24, 2.45) is 0 Å². The number of ketones is 1. The lowest BCUT2D eigenvalue weighted by molar-refractivity contribution is -0.274. The molecule has 0 fully saturated rings. The molecule has 0 aromatic heterocycles. The van der Waals surface area contributed by atoms with Crippen molar-refractivity contribution in [3.8, 4) is 5.75 Å². The summed E-state index contributed by atoms with van der Waals surface area (Å²) in [5.41, 5.74) is 0. The second-order valence-electron chi connectivity index (χ2n) is 4.54. The molecular formula is C13H14ClF3O4S. The number of hydrogen-bond acceptors (Lipinski definition) is 4. The van der Waals surface area contributed by atoms with Gasteiger partial charge in [0.15, 0.2) is 9.84 Å². The van der Waals surface area contributed by atoms with Gasteiger partial charge < -0.3 is 4.74 Å². The molecule has 0 aliphatic carbocycles. The molecule has 0 saturated carbocycles. The van der Waals surface area contributed by atoms with E-state index in [2.05, 4.69) is 4.74 Å². The zero-order valence-corrected chi connectivity index (χ0v) is 13.2. The lowest BCUT2D eigenvalue weighted by Crippen LogP contribution is -2.19. The van der Waals surface area contributed by atoms with E-state index in [9.17, 15) is 26.4 Å². The zero-order valence-electron chi connectivity index (χ0n) is 11.6. The number of rotatable bonds is 7. The second-order valence-corrected chi connectivity index (χ2v) is 6.94. The number of carbonyl (C=O) groups is 1. The fraction of sp³-hybridized carbons (Fsp3) is 0.462. The van der Waals surface area contributed by atoms with E-state index in [1.165, 1.54) is 0 Å². The average Bonchev–Trinajstić information content (AvgIpc) is 2.36. The van der Waals surface area contributed by atoms with E-state index in [0.29, 0.717) is 12.5 Å². The van der Waals surface area contributed by atoms with Crippen LogP contribution in [-0.4, -0.2) is 26.3 Å². The predicted molar refractivity (Wildman–Crippen MR) is 74.7 cm³/mol. The molecule has 0 radical (unpaired) electrons. The third kappa shape index (κ3) is 5.84. The SMILES string of the molecule is CCCCC(=O)CS(=O)(=O)c1ccc(Cl)c(OC(F)(F)F)c1. The Labute approximate surface area is 131 Å². The van der Waals surface area contributed by atoms with Crippen LogP contribution in [0.2, 0.25) is 5.02 Å². The molecule has 0 saturated heterocycles. The predicted octanol–water partition coefficient (Wildman–Crippen LogP) is 3.77. The zero-order chi connectivity index (χ0) is 17.0. The summed E-state index contributed by atoms with van der Waals surface area (Å²) in [5, 5.41) is -0.381. The maximum atomic E-state index is 12.2. The summed E-state index contributed by atoms with van der Waals surface area (Å²) in [7, 11) is -4.04. The lowest BCUT2D eigenvalue weighted by Gasteiger charge is -2.12. The standard InChI is InChI=1S/C13H14ClF3O4S/c1-2-3-4-9(18)8-22(19,20)10-5-6-11(14)12(7-10)21-13(15,16)17/h5-7H,2-4,8H2,1H3. The molecule has 1 aromatic carbocycles. The topological polar surface area (TPSA) is 60.4 Å². The van der Waals surface area contributed by atoms with E-state index in [1.807, 2.05) is 6.92 Å². The summed E-state index contributed by atoms with van der Waals surface area (Å²) >= 11 is 5.54. The van der Waals surface area contributed by atoms with Crippen LogP contribution in [0.3, 0.4) is 0 Å². The van der Waals surface area contributed by atoms with Gasteiger partial charge in [0.2, 0.25) is 0 Å². The number of benzene rings is 1. The van der Waals surface area contributed by atoms with Crippen LogP contribution in [0.1, 0.15) is 26.2 Å². The van der Waals surface area contributed by atoms with Gasteiger partial charge in [-0.15, -0.1) is 13.2 Å². The second kappa shape index (κ2) is 7.32. The summed E-state index contributed by atoms with van der Waals surface area (Å²) in [6.45, 7) is 1.85. The van der Waals surface area contributed by atoms with Gasteiger partial charge in [-0.25, -0.2) is 8.42 Å². The minimum Gasteiger partial charge on any atom is -0.404 e. The average molecular weight is 359 g/mol. The smallest absolute Gasteiger partial charge is 0.404 e. The van der Waals surface area contributed by atoms with Crippen molar-refractivity contribution in [1.82, 2.24) is 0 Å². The van der Waals surface area contributed by atoms with E-state index < -0.39 is 38.4 Å². The van der Waals surface area contributed by atoms with E-state index in [0.717, 1.165) is 18.6 Å². The van der Waals surface area contributed by atoms with Gasteiger partial charge in [-0.05, 0) is 18.6 Å². The maximum Gasteiger partial charge on any atom is 0.573 e. The Morgan fingerprint density at radius 2 is 1.95 bits per heavy atom. The number of unbranched alkanes of at least 4 members (excludes halogenated alkanes) is 1. The Balaban J connectivity index is 3.00. The summed E-state index contributed by atoms with van der Waals surface area (Å²) in [5.74, 6) is -2.08. The minimum absolute atomic E-state index is 0.106. The van der Waals surface area contributed by atoms with Crippen LogP contribution >= 0.6 is 11.6 Å². The largest absolute Gasteiger partial charge is 0.573 e. The molecule has 0 heterocycles. The molecule has 0 bridgehead atoms. The number of halogens is 4. The molecule has 1 rings (SSSR count). The monoisotopic (exact) mass is 358 g/mol. The Morgan fingerprint density at radius 3 is 2.50 bits per heavy atom. The quantitative estimate of drug-likeness (QED) is 0.744. The van der Waals surface area contributed by atoms with Crippen molar-refractivity contribution in [2.75, 3.05) is 5.75 Å². The molecule has 22 heavy (non-hydrogen) atoms. The number of hydrogen-bond donors (Lipinski definition) is 0. The molecule has 4 nitrogen and oxygen atoms in total. The summed E-state index contributed by atoms with van der Waals surface area (Å²) in [4.78, 5) is 11.1. The fourth-order valence-electron chi connectivity index (χ4n) is 1.62. The van der Waals surface area contributed by atoms with Crippen LogP contribution in [0.4, 0.5) is 13.2 Å². The molecule has 0 atom stereocenters. The number of sulfone groups is 1. The highest BCUT2D eigenvalue weighted by Gasteiger charge is 2.32. The highest BCUT2D eigenvalue weighted by atomic mass is 35.5. The molecule has 0 N–H and O–H groups in total. The van der Waals surface area contributed by atoms with Crippen molar-refractivity contribution >= 4 is 27.2 Å². The normalized spacial score (nSPS) is 12.2. The van der Waals surface area contributed by atoms with Crippen molar-refractivity contribution in [3.05, 3.63) is 23.2 Å². The maximum absolute atomic E-state index is 12.2. The molecule has 1 aromatic rings. The van der Waals surface area contributed by atoms with Crippen molar-refractivity contribution in [3.63, 3.8) is 0 Å². The third-order valence-corrected chi connectivity index (χ3v) is 4.63. The first-order chi connectivity index (χ1) is 10.0. The van der Waals surface area contributed by atoms with E-state index >= 15 is 0 Å². The molecule has 0 aliphatic heterocycles. The van der Waals surface area contributed by atoms with E-state index in [4.69, 9.17) is 11.6 Å². The van der Waals surface area contributed by atoms with Crippen LogP contribution in [0.5, 0.6) is 5.75 Å². The lowest BCUT2D eigenvalue weighted by atomic mass is 10.2. The first kappa shape index (κ1) is 18.8.